The molecule has 0 aliphatic carbocycles. The second-order valence-corrected chi connectivity index (χ2v) is 5.74. The van der Waals surface area contributed by atoms with Crippen molar-refractivity contribution < 1.29 is 0 Å². The zero-order valence-corrected chi connectivity index (χ0v) is 15.4. The summed E-state index contributed by atoms with van der Waals surface area (Å²) in [5.41, 5.74) is 1.40. The third-order valence-electron chi connectivity index (χ3n) is 3.96. The zero-order chi connectivity index (χ0) is 17.1. The van der Waals surface area contributed by atoms with E-state index in [0.717, 1.165) is 36.8 Å². The van der Waals surface area contributed by atoms with Crippen molar-refractivity contribution in [2.45, 2.75) is 20.8 Å². The van der Waals surface area contributed by atoms with Crippen molar-refractivity contribution in [3.8, 4) is 0 Å². The van der Waals surface area contributed by atoms with E-state index in [2.05, 4.69) is 35.7 Å². The predicted octanol–water partition coefficient (Wildman–Crippen LogP) is 2.44. The van der Waals surface area contributed by atoms with E-state index in [1.807, 2.05) is 35.8 Å². The van der Waals surface area contributed by atoms with E-state index in [4.69, 9.17) is 16.6 Å². The zero-order valence-electron chi connectivity index (χ0n) is 14.6. The maximum absolute atomic E-state index is 6.14. The average molecular weight is 338 g/mol. The van der Waals surface area contributed by atoms with Crippen LogP contribution in [0.25, 0.3) is 11.0 Å². The number of halogens is 1. The summed E-state index contributed by atoms with van der Waals surface area (Å²) in [6, 6.07) is 0. The Morgan fingerprint density at radius 1 is 0.696 bits per heavy atom. The van der Waals surface area contributed by atoms with Crippen LogP contribution in [0.15, 0.2) is 0 Å². The summed E-state index contributed by atoms with van der Waals surface area (Å²) in [4.78, 5) is 24.2. The summed E-state index contributed by atoms with van der Waals surface area (Å²) >= 11 is 6.14. The highest BCUT2D eigenvalue weighted by Crippen LogP contribution is 2.30. The van der Waals surface area contributed by atoms with Crippen LogP contribution in [0.3, 0.4) is 0 Å². The highest BCUT2D eigenvalue weighted by atomic mass is 35.5. The maximum Gasteiger partial charge on any atom is 0.227 e. The Hall–Kier alpha value is -1.89. The van der Waals surface area contributed by atoms with Gasteiger partial charge in [-0.05, 0) is 32.4 Å². The Balaban J connectivity index is 2.83. The molecule has 0 radical (unpaired) electrons. The minimum Gasteiger partial charge on any atom is -0.358 e. The number of anilines is 3. The largest absolute Gasteiger partial charge is 0.358 e. The summed E-state index contributed by atoms with van der Waals surface area (Å²) in [5, 5.41) is 0.207. The molecule has 2 aromatic heterocycles. The van der Waals surface area contributed by atoms with Crippen LogP contribution in [0.5, 0.6) is 0 Å². The molecule has 23 heavy (non-hydrogen) atoms. The van der Waals surface area contributed by atoms with Gasteiger partial charge in [-0.3, -0.25) is 0 Å². The van der Waals surface area contributed by atoms with Gasteiger partial charge in [-0.1, -0.05) is 0 Å². The molecule has 0 atom stereocenters. The minimum absolute atomic E-state index is 0.207. The molecule has 0 bridgehead atoms. The third kappa shape index (κ3) is 3.39. The molecule has 0 saturated heterocycles. The number of hydrogen-bond donors (Lipinski definition) is 0. The van der Waals surface area contributed by atoms with E-state index < -0.39 is 0 Å². The van der Waals surface area contributed by atoms with E-state index in [1.54, 1.807) is 0 Å². The lowest BCUT2D eigenvalue weighted by Gasteiger charge is -2.23. The van der Waals surface area contributed by atoms with Crippen molar-refractivity contribution in [2.75, 3.05) is 55.5 Å². The van der Waals surface area contributed by atoms with Crippen LogP contribution in [0, 0.1) is 0 Å². The number of nitrogens with zero attached hydrogens (tertiary/aromatic N) is 7. The van der Waals surface area contributed by atoms with Crippen LogP contribution < -0.4 is 14.7 Å². The smallest absolute Gasteiger partial charge is 0.227 e. The Morgan fingerprint density at radius 2 is 1.17 bits per heavy atom. The van der Waals surface area contributed by atoms with Crippen LogP contribution in [0.1, 0.15) is 20.8 Å². The molecule has 2 aromatic rings. The summed E-state index contributed by atoms with van der Waals surface area (Å²) in [6.45, 7) is 8.61. The monoisotopic (exact) mass is 337 g/mol. The second-order valence-electron chi connectivity index (χ2n) is 5.40. The number of hydrogen-bond acceptors (Lipinski definition) is 7. The molecule has 0 unspecified atom stereocenters. The summed E-state index contributed by atoms with van der Waals surface area (Å²) in [5.74, 6) is 2.15. The number of fused-ring (bicyclic) bond motifs is 1. The maximum atomic E-state index is 6.14. The molecule has 0 amide bonds. The standard InChI is InChI=1S/C15H24ClN7/c1-7-21(4)12-11-10(17-14(16)19-12)13(22(5)8-2)20-15(18-11)23(6)9-3/h7-9H2,1-6H3. The SMILES string of the molecule is CCN(C)c1nc(N(C)CC)c2nc(Cl)nc(N(C)CC)c2n1. The summed E-state index contributed by atoms with van der Waals surface area (Å²) in [7, 11) is 5.92. The first kappa shape index (κ1) is 17.5. The lowest BCUT2D eigenvalue weighted by atomic mass is 10.3. The lowest BCUT2D eigenvalue weighted by molar-refractivity contribution is 0.878. The molecule has 0 spiro atoms. The molecule has 0 aliphatic heterocycles. The van der Waals surface area contributed by atoms with E-state index in [1.165, 1.54) is 0 Å². The first-order chi connectivity index (χ1) is 10.9. The Morgan fingerprint density at radius 3 is 1.70 bits per heavy atom. The van der Waals surface area contributed by atoms with Gasteiger partial charge < -0.3 is 14.7 Å². The topological polar surface area (TPSA) is 61.3 Å². The highest BCUT2D eigenvalue weighted by molar-refractivity contribution is 6.29. The lowest BCUT2D eigenvalue weighted by Crippen LogP contribution is -2.24. The molecule has 0 saturated carbocycles. The van der Waals surface area contributed by atoms with Gasteiger partial charge in [-0.2, -0.15) is 9.97 Å². The van der Waals surface area contributed by atoms with E-state index in [-0.39, 0.29) is 5.28 Å². The van der Waals surface area contributed by atoms with Crippen LogP contribution in [-0.2, 0) is 0 Å². The second kappa shape index (κ2) is 7.12. The van der Waals surface area contributed by atoms with Crippen LogP contribution in [0.4, 0.5) is 17.6 Å². The summed E-state index contributed by atoms with van der Waals surface area (Å²) in [6.07, 6.45) is 0. The fourth-order valence-electron chi connectivity index (χ4n) is 2.09. The third-order valence-corrected chi connectivity index (χ3v) is 4.12. The molecule has 0 fully saturated rings. The highest BCUT2D eigenvalue weighted by Gasteiger charge is 2.20. The molecule has 8 heteroatoms. The molecule has 7 nitrogen and oxygen atoms in total. The quantitative estimate of drug-likeness (QED) is 0.750. The normalized spacial score (nSPS) is 10.9. The van der Waals surface area contributed by atoms with Crippen LogP contribution in [0.2, 0.25) is 5.28 Å². The van der Waals surface area contributed by atoms with Gasteiger partial charge in [0.25, 0.3) is 0 Å². The van der Waals surface area contributed by atoms with Crippen LogP contribution in [-0.4, -0.2) is 60.7 Å². The van der Waals surface area contributed by atoms with Gasteiger partial charge in [-0.25, -0.2) is 9.97 Å². The fraction of sp³-hybridized carbons (Fsp3) is 0.600. The Labute approximate surface area is 142 Å². The molecule has 2 heterocycles. The van der Waals surface area contributed by atoms with Crippen molar-refractivity contribution in [3.05, 3.63) is 5.28 Å². The molecule has 2 rings (SSSR count). The molecule has 0 aliphatic rings. The molecule has 126 valence electrons. The van der Waals surface area contributed by atoms with E-state index in [9.17, 15) is 0 Å². The number of rotatable bonds is 6. The van der Waals surface area contributed by atoms with Crippen molar-refractivity contribution in [1.29, 1.82) is 0 Å². The summed E-state index contributed by atoms with van der Waals surface area (Å²) < 4.78 is 0. The molecular weight excluding hydrogens is 314 g/mol. The van der Waals surface area contributed by atoms with E-state index in [0.29, 0.717) is 11.5 Å². The van der Waals surface area contributed by atoms with Gasteiger partial charge in [-0.15, -0.1) is 0 Å². The predicted molar refractivity (Wildman–Crippen MR) is 97.0 cm³/mol. The fourth-order valence-corrected chi connectivity index (χ4v) is 2.26. The van der Waals surface area contributed by atoms with E-state index >= 15 is 0 Å². The van der Waals surface area contributed by atoms with Gasteiger partial charge >= 0.3 is 0 Å². The Bertz CT molecular complexity index is 691. The molecular formula is C15H24ClN7. The Kier molecular flexibility index (Phi) is 5.41. The van der Waals surface area contributed by atoms with Gasteiger partial charge in [0.15, 0.2) is 11.6 Å². The minimum atomic E-state index is 0.207. The van der Waals surface area contributed by atoms with Crippen molar-refractivity contribution >= 4 is 40.2 Å². The molecule has 0 N–H and O–H groups in total. The van der Waals surface area contributed by atoms with Gasteiger partial charge in [0.05, 0.1) is 0 Å². The number of aromatic nitrogens is 4. The van der Waals surface area contributed by atoms with Gasteiger partial charge in [0.1, 0.15) is 11.0 Å². The van der Waals surface area contributed by atoms with Gasteiger partial charge in [0, 0.05) is 40.8 Å². The van der Waals surface area contributed by atoms with Crippen molar-refractivity contribution in [2.24, 2.45) is 0 Å². The van der Waals surface area contributed by atoms with Gasteiger partial charge in [0.2, 0.25) is 11.2 Å². The molecule has 0 aromatic carbocycles. The van der Waals surface area contributed by atoms with Crippen LogP contribution >= 0.6 is 11.6 Å². The van der Waals surface area contributed by atoms with Crippen molar-refractivity contribution in [1.82, 2.24) is 19.9 Å². The average Bonchev–Trinajstić information content (AvgIpc) is 2.57. The first-order valence-electron chi connectivity index (χ1n) is 7.81. The first-order valence-corrected chi connectivity index (χ1v) is 8.19. The van der Waals surface area contributed by atoms with Crippen molar-refractivity contribution in [3.63, 3.8) is 0 Å².